The van der Waals surface area contributed by atoms with Crippen LogP contribution in [-0.4, -0.2) is 17.7 Å². The maximum atomic E-state index is 13.3. The summed E-state index contributed by atoms with van der Waals surface area (Å²) in [5.74, 6) is 2.03. The molecule has 1 N–H and O–H groups in total. The van der Waals surface area contributed by atoms with Gasteiger partial charge in [0.05, 0.1) is 17.5 Å². The summed E-state index contributed by atoms with van der Waals surface area (Å²) in [6, 6.07) is 23.3. The Balaban J connectivity index is 1.03. The van der Waals surface area contributed by atoms with Crippen molar-refractivity contribution >= 4 is 29.1 Å². The maximum absolute atomic E-state index is 13.3. The summed E-state index contributed by atoms with van der Waals surface area (Å²) in [7, 11) is 0. The van der Waals surface area contributed by atoms with E-state index in [1.54, 1.807) is 48.5 Å². The van der Waals surface area contributed by atoms with Gasteiger partial charge in [-0.25, -0.2) is 0 Å². The van der Waals surface area contributed by atoms with E-state index in [0.717, 1.165) is 12.2 Å². The highest BCUT2D eigenvalue weighted by atomic mass is 16.5. The molecule has 36 heavy (non-hydrogen) atoms. The Morgan fingerprint density at radius 3 is 1.94 bits per heavy atom. The number of benzene rings is 3. The van der Waals surface area contributed by atoms with Crippen LogP contribution >= 0.6 is 0 Å². The van der Waals surface area contributed by atoms with Crippen LogP contribution in [0.25, 0.3) is 0 Å². The number of rotatable bonds is 5. The molecule has 2 bridgehead atoms. The van der Waals surface area contributed by atoms with Gasteiger partial charge in [0.1, 0.15) is 11.5 Å². The fourth-order valence-corrected chi connectivity index (χ4v) is 6.41. The predicted octanol–water partition coefficient (Wildman–Crippen LogP) is 5.29. The summed E-state index contributed by atoms with van der Waals surface area (Å²) < 4.78 is 5.79. The number of amides is 3. The molecule has 0 aromatic heterocycles. The Kier molecular flexibility index (Phi) is 4.64. The highest BCUT2D eigenvalue weighted by molar-refractivity contribution is 6.22. The number of hydrogen-bond donors (Lipinski definition) is 1. The first-order valence-electron chi connectivity index (χ1n) is 12.4. The smallest absolute Gasteiger partial charge is 0.255 e. The van der Waals surface area contributed by atoms with E-state index in [1.165, 1.54) is 4.90 Å². The number of para-hydroxylation sites is 1. The van der Waals surface area contributed by atoms with Gasteiger partial charge < -0.3 is 10.1 Å². The van der Waals surface area contributed by atoms with Gasteiger partial charge in [0, 0.05) is 11.3 Å². The van der Waals surface area contributed by atoms with Crippen LogP contribution in [0.5, 0.6) is 11.5 Å². The Morgan fingerprint density at radius 1 is 0.750 bits per heavy atom. The van der Waals surface area contributed by atoms with Gasteiger partial charge >= 0.3 is 0 Å². The molecule has 6 heteroatoms. The molecule has 6 atom stereocenters. The zero-order chi connectivity index (χ0) is 24.4. The van der Waals surface area contributed by atoms with Crippen molar-refractivity contribution < 1.29 is 19.1 Å². The number of carbonyl (C=O) groups excluding carboxylic acids is 3. The van der Waals surface area contributed by atoms with Crippen molar-refractivity contribution in [2.75, 3.05) is 10.2 Å². The average molecular weight is 477 g/mol. The van der Waals surface area contributed by atoms with Crippen molar-refractivity contribution in [3.63, 3.8) is 0 Å². The van der Waals surface area contributed by atoms with Gasteiger partial charge in [-0.3, -0.25) is 19.3 Å². The van der Waals surface area contributed by atoms with Crippen LogP contribution in [0.1, 0.15) is 16.8 Å². The number of ether oxygens (including phenoxy) is 1. The van der Waals surface area contributed by atoms with Crippen LogP contribution in [0.15, 0.2) is 91.0 Å². The van der Waals surface area contributed by atoms with Crippen LogP contribution in [-0.2, 0) is 9.59 Å². The third-order valence-electron chi connectivity index (χ3n) is 8.14. The molecule has 0 radical (unpaired) electrons. The van der Waals surface area contributed by atoms with Crippen LogP contribution < -0.4 is 15.0 Å². The van der Waals surface area contributed by atoms with Crippen molar-refractivity contribution in [3.05, 3.63) is 96.6 Å². The van der Waals surface area contributed by atoms with E-state index in [2.05, 4.69) is 17.5 Å². The van der Waals surface area contributed by atoms with Crippen molar-refractivity contribution in [2.24, 2.45) is 35.5 Å². The summed E-state index contributed by atoms with van der Waals surface area (Å²) in [4.78, 5) is 40.7. The van der Waals surface area contributed by atoms with E-state index in [-0.39, 0.29) is 41.4 Å². The van der Waals surface area contributed by atoms with Gasteiger partial charge in [0.25, 0.3) is 5.91 Å². The molecule has 3 fully saturated rings. The molecule has 3 aromatic rings. The van der Waals surface area contributed by atoms with Gasteiger partial charge in [0.2, 0.25) is 11.8 Å². The highest BCUT2D eigenvalue weighted by Gasteiger charge is 2.67. The number of carbonyl (C=O) groups is 3. The second kappa shape index (κ2) is 7.92. The molecule has 1 aliphatic heterocycles. The lowest BCUT2D eigenvalue weighted by molar-refractivity contribution is -0.124. The Morgan fingerprint density at radius 2 is 1.33 bits per heavy atom. The van der Waals surface area contributed by atoms with E-state index in [4.69, 9.17) is 4.74 Å². The Labute approximate surface area is 208 Å². The number of allylic oxidation sites excluding steroid dienone is 2. The van der Waals surface area contributed by atoms with Gasteiger partial charge in [-0.1, -0.05) is 30.4 Å². The zero-order valence-corrected chi connectivity index (χ0v) is 19.4. The van der Waals surface area contributed by atoms with E-state index < -0.39 is 0 Å². The van der Waals surface area contributed by atoms with Crippen molar-refractivity contribution in [1.82, 2.24) is 0 Å². The summed E-state index contributed by atoms with van der Waals surface area (Å²) in [6.45, 7) is 0. The number of imide groups is 1. The van der Waals surface area contributed by atoms with Crippen LogP contribution in [0, 0.1) is 35.5 Å². The molecule has 5 aliphatic rings. The lowest BCUT2D eigenvalue weighted by atomic mass is 9.63. The molecule has 3 aromatic carbocycles. The second-order valence-electron chi connectivity index (χ2n) is 10.1. The summed E-state index contributed by atoms with van der Waals surface area (Å²) in [5.41, 5.74) is 1.62. The molecule has 1 saturated heterocycles. The summed E-state index contributed by atoms with van der Waals surface area (Å²) in [5, 5.41) is 2.88. The SMILES string of the molecule is O=C(Nc1ccc(Oc2ccccc2)cc1)c1ccc(N2C(=O)[C@@H]3[C@@H]4C=C[C@H]([C@H]5C[C@H]45)[C@@H]3C2=O)cc1. The van der Waals surface area contributed by atoms with E-state index in [0.29, 0.717) is 34.5 Å². The minimum Gasteiger partial charge on any atom is -0.457 e. The largest absolute Gasteiger partial charge is 0.457 e. The maximum Gasteiger partial charge on any atom is 0.255 e. The van der Waals surface area contributed by atoms with Crippen LogP contribution in [0.4, 0.5) is 11.4 Å². The standard InChI is InChI=1S/C30H24N2O4/c33-28(31-18-8-12-21(13-9-18)36-20-4-2-1-3-5-20)17-6-10-19(11-7-17)32-29(34)26-22-14-15-23(25-16-24(22)25)27(26)30(32)35/h1-15,22-27H,16H2,(H,31,33)/t22-,23-,24-,25-,26-,27+/m1/s1. The fourth-order valence-electron chi connectivity index (χ4n) is 6.41. The zero-order valence-electron chi connectivity index (χ0n) is 19.4. The van der Waals surface area contributed by atoms with E-state index in [9.17, 15) is 14.4 Å². The lowest BCUT2D eigenvalue weighted by Crippen LogP contribution is -2.40. The van der Waals surface area contributed by atoms with Crippen molar-refractivity contribution in [3.8, 4) is 11.5 Å². The predicted molar refractivity (Wildman–Crippen MR) is 135 cm³/mol. The first-order chi connectivity index (χ1) is 17.6. The lowest BCUT2D eigenvalue weighted by Gasteiger charge is -2.37. The molecule has 178 valence electrons. The fraction of sp³-hybridized carbons (Fsp3) is 0.233. The summed E-state index contributed by atoms with van der Waals surface area (Å²) >= 11 is 0. The molecule has 0 unspecified atom stereocenters. The molecular formula is C30H24N2O4. The normalized spacial score (nSPS) is 29.1. The first kappa shape index (κ1) is 21.1. The highest BCUT2D eigenvalue weighted by Crippen LogP contribution is 2.65. The van der Waals surface area contributed by atoms with Crippen LogP contribution in [0.2, 0.25) is 0 Å². The second-order valence-corrected chi connectivity index (χ2v) is 10.1. The van der Waals surface area contributed by atoms with E-state index in [1.807, 2.05) is 30.3 Å². The van der Waals surface area contributed by atoms with Crippen molar-refractivity contribution in [2.45, 2.75) is 6.42 Å². The quantitative estimate of drug-likeness (QED) is 0.401. The first-order valence-corrected chi connectivity index (χ1v) is 12.4. The number of nitrogens with zero attached hydrogens (tertiary/aromatic N) is 1. The molecule has 3 amide bonds. The number of nitrogens with one attached hydrogen (secondary N) is 1. The molecule has 2 saturated carbocycles. The van der Waals surface area contributed by atoms with E-state index >= 15 is 0 Å². The average Bonchev–Trinajstić information content (AvgIpc) is 3.69. The summed E-state index contributed by atoms with van der Waals surface area (Å²) in [6.07, 6.45) is 5.48. The number of anilines is 2. The minimum absolute atomic E-state index is 0.0929. The molecule has 6 nitrogen and oxygen atoms in total. The molecular weight excluding hydrogens is 452 g/mol. The number of hydrogen-bond acceptors (Lipinski definition) is 4. The molecule has 1 heterocycles. The topological polar surface area (TPSA) is 75.7 Å². The van der Waals surface area contributed by atoms with Crippen molar-refractivity contribution in [1.29, 1.82) is 0 Å². The van der Waals surface area contributed by atoms with Gasteiger partial charge in [-0.2, -0.15) is 0 Å². The Hall–Kier alpha value is -4.19. The third kappa shape index (κ3) is 3.28. The third-order valence-corrected chi connectivity index (χ3v) is 8.14. The monoisotopic (exact) mass is 476 g/mol. The molecule has 8 rings (SSSR count). The molecule has 4 aliphatic carbocycles. The van der Waals surface area contributed by atoms with Crippen LogP contribution in [0.3, 0.4) is 0 Å². The Bertz CT molecular complexity index is 1360. The molecule has 0 spiro atoms. The van der Waals surface area contributed by atoms with Gasteiger partial charge in [-0.15, -0.1) is 0 Å². The van der Waals surface area contributed by atoms with Gasteiger partial charge in [-0.05, 0) is 90.8 Å². The minimum atomic E-state index is -0.270. The van der Waals surface area contributed by atoms with Gasteiger partial charge in [0.15, 0.2) is 0 Å².